The van der Waals surface area contributed by atoms with E-state index in [0.717, 1.165) is 71.6 Å². The number of carbonyl (C=O) groups excluding carboxylic acids is 1. The van der Waals surface area contributed by atoms with Crippen LogP contribution in [0.4, 0.5) is 10.9 Å². The van der Waals surface area contributed by atoms with Crippen LogP contribution in [0.15, 0.2) is 0 Å². The van der Waals surface area contributed by atoms with E-state index in [-0.39, 0.29) is 5.97 Å². The molecular weight excluding hydrogens is 408 g/mol. The third kappa shape index (κ3) is 3.78. The number of ether oxygens (including phenoxy) is 1. The molecule has 3 aromatic heterocycles. The first-order chi connectivity index (χ1) is 14.0. The summed E-state index contributed by atoms with van der Waals surface area (Å²) in [6, 6.07) is 0. The van der Waals surface area contributed by atoms with Crippen molar-refractivity contribution < 1.29 is 9.53 Å². The Bertz CT molecular complexity index is 1050. The molecule has 1 fully saturated rings. The maximum atomic E-state index is 12.2. The molecule has 0 unspecified atom stereocenters. The van der Waals surface area contributed by atoms with Gasteiger partial charge in [0.05, 0.1) is 12.5 Å². The Morgan fingerprint density at radius 2 is 1.86 bits per heavy atom. The Kier molecular flexibility index (Phi) is 5.64. The minimum absolute atomic E-state index is 0.320. The van der Waals surface area contributed by atoms with Gasteiger partial charge in [-0.05, 0) is 25.8 Å². The summed E-state index contributed by atoms with van der Waals surface area (Å²) in [5.41, 5.74) is 0.893. The van der Waals surface area contributed by atoms with Crippen molar-refractivity contribution in [3.63, 3.8) is 0 Å². The van der Waals surface area contributed by atoms with Crippen molar-refractivity contribution in [3.8, 4) is 0 Å². The second kappa shape index (κ2) is 8.19. The molecule has 1 aliphatic rings. The van der Waals surface area contributed by atoms with Gasteiger partial charge in [0, 0.05) is 44.1 Å². The minimum Gasteiger partial charge on any atom is -0.465 e. The van der Waals surface area contributed by atoms with E-state index in [2.05, 4.69) is 31.1 Å². The first kappa shape index (κ1) is 20.0. The molecule has 0 bridgehead atoms. The standard InChI is InChI=1S/C19H24N6O2S2/c1-5-13-22-19(29-23-13)25-8-6-7-24(9-10-25)16-14-11(2)15(18(26)27-4)28-17(14)21-12(3)20-16/h5-10H2,1-4H3. The van der Waals surface area contributed by atoms with E-state index in [1.54, 1.807) is 0 Å². The topological polar surface area (TPSA) is 84.3 Å². The smallest absolute Gasteiger partial charge is 0.348 e. The molecule has 29 heavy (non-hydrogen) atoms. The number of carbonyl (C=O) groups is 1. The number of hydrogen-bond donors (Lipinski definition) is 0. The van der Waals surface area contributed by atoms with Crippen LogP contribution in [0.1, 0.15) is 40.2 Å². The van der Waals surface area contributed by atoms with Gasteiger partial charge >= 0.3 is 5.97 Å². The van der Waals surface area contributed by atoms with Crippen LogP contribution in [0, 0.1) is 13.8 Å². The summed E-state index contributed by atoms with van der Waals surface area (Å²) in [5.74, 6) is 2.20. The molecule has 4 rings (SSSR count). The van der Waals surface area contributed by atoms with Crippen molar-refractivity contribution in [2.45, 2.75) is 33.6 Å². The number of rotatable bonds is 4. The lowest BCUT2D eigenvalue weighted by Crippen LogP contribution is -2.31. The summed E-state index contributed by atoms with van der Waals surface area (Å²) >= 11 is 2.85. The molecule has 154 valence electrons. The van der Waals surface area contributed by atoms with Gasteiger partial charge in [-0.15, -0.1) is 11.3 Å². The van der Waals surface area contributed by atoms with Gasteiger partial charge in [-0.3, -0.25) is 0 Å². The Morgan fingerprint density at radius 1 is 1.10 bits per heavy atom. The van der Waals surface area contributed by atoms with Crippen LogP contribution in [-0.2, 0) is 11.2 Å². The summed E-state index contributed by atoms with van der Waals surface area (Å²) in [6.45, 7) is 9.44. The van der Waals surface area contributed by atoms with Crippen molar-refractivity contribution in [2.75, 3.05) is 43.1 Å². The molecule has 3 aromatic rings. The lowest BCUT2D eigenvalue weighted by molar-refractivity contribution is 0.0605. The number of aryl methyl sites for hydroxylation is 3. The molecule has 0 atom stereocenters. The molecule has 0 radical (unpaired) electrons. The average molecular weight is 433 g/mol. The number of anilines is 2. The highest BCUT2D eigenvalue weighted by atomic mass is 32.1. The highest BCUT2D eigenvalue weighted by molar-refractivity contribution is 7.20. The van der Waals surface area contributed by atoms with E-state index >= 15 is 0 Å². The number of thiophene rings is 1. The average Bonchev–Trinajstić information content (AvgIpc) is 3.23. The van der Waals surface area contributed by atoms with Crippen LogP contribution < -0.4 is 9.80 Å². The van der Waals surface area contributed by atoms with Gasteiger partial charge in [0.2, 0.25) is 5.13 Å². The highest BCUT2D eigenvalue weighted by Crippen LogP contribution is 2.36. The van der Waals surface area contributed by atoms with Crippen LogP contribution >= 0.6 is 22.9 Å². The molecule has 0 spiro atoms. The Morgan fingerprint density at radius 3 is 2.59 bits per heavy atom. The molecule has 10 heteroatoms. The van der Waals surface area contributed by atoms with E-state index < -0.39 is 0 Å². The monoisotopic (exact) mass is 432 g/mol. The lowest BCUT2D eigenvalue weighted by atomic mass is 10.2. The van der Waals surface area contributed by atoms with Gasteiger partial charge in [0.15, 0.2) is 0 Å². The van der Waals surface area contributed by atoms with Crippen LogP contribution in [0.5, 0.6) is 0 Å². The molecular formula is C19H24N6O2S2. The van der Waals surface area contributed by atoms with Gasteiger partial charge < -0.3 is 14.5 Å². The number of aromatic nitrogens is 4. The fourth-order valence-corrected chi connectivity index (χ4v) is 5.52. The fourth-order valence-electron chi connectivity index (χ4n) is 3.58. The zero-order valence-corrected chi connectivity index (χ0v) is 18.7. The molecule has 0 saturated carbocycles. The molecule has 4 heterocycles. The number of fused-ring (bicyclic) bond motifs is 1. The van der Waals surface area contributed by atoms with Crippen LogP contribution in [0.2, 0.25) is 0 Å². The minimum atomic E-state index is -0.320. The van der Waals surface area contributed by atoms with Crippen LogP contribution in [0.3, 0.4) is 0 Å². The predicted molar refractivity (Wildman–Crippen MR) is 117 cm³/mol. The zero-order chi connectivity index (χ0) is 20.5. The molecule has 0 aliphatic carbocycles. The summed E-state index contributed by atoms with van der Waals surface area (Å²) in [6.07, 6.45) is 1.85. The zero-order valence-electron chi connectivity index (χ0n) is 17.1. The Hall–Kier alpha value is -2.33. The van der Waals surface area contributed by atoms with E-state index in [4.69, 9.17) is 9.72 Å². The molecule has 1 aliphatic heterocycles. The van der Waals surface area contributed by atoms with Gasteiger partial charge in [-0.2, -0.15) is 4.37 Å². The summed E-state index contributed by atoms with van der Waals surface area (Å²) < 4.78 is 9.37. The predicted octanol–water partition coefficient (Wildman–Crippen LogP) is 3.23. The third-order valence-corrected chi connectivity index (χ3v) is 7.07. The summed E-state index contributed by atoms with van der Waals surface area (Å²) in [4.78, 5) is 32.2. The van der Waals surface area contributed by atoms with Crippen molar-refractivity contribution in [2.24, 2.45) is 0 Å². The van der Waals surface area contributed by atoms with Crippen molar-refractivity contribution in [3.05, 3.63) is 22.1 Å². The first-order valence-electron chi connectivity index (χ1n) is 9.70. The Labute approximate surface area is 177 Å². The van der Waals surface area contributed by atoms with Gasteiger partial charge in [-0.1, -0.05) is 6.92 Å². The molecule has 1 saturated heterocycles. The number of nitrogens with zero attached hydrogens (tertiary/aromatic N) is 6. The van der Waals surface area contributed by atoms with Crippen molar-refractivity contribution in [1.82, 2.24) is 19.3 Å². The SMILES string of the molecule is CCc1nsc(N2CCCN(c3nc(C)nc4sc(C(=O)OC)c(C)c34)CC2)n1. The number of methoxy groups -OCH3 is 1. The second-order valence-electron chi connectivity index (χ2n) is 7.00. The van der Waals surface area contributed by atoms with E-state index in [9.17, 15) is 4.79 Å². The summed E-state index contributed by atoms with van der Waals surface area (Å²) in [7, 11) is 1.41. The first-order valence-corrected chi connectivity index (χ1v) is 11.3. The van der Waals surface area contributed by atoms with E-state index in [1.165, 1.54) is 30.0 Å². The highest BCUT2D eigenvalue weighted by Gasteiger charge is 2.25. The lowest BCUT2D eigenvalue weighted by Gasteiger charge is -2.23. The van der Waals surface area contributed by atoms with E-state index in [1.807, 2.05) is 13.8 Å². The molecule has 0 aromatic carbocycles. The second-order valence-corrected chi connectivity index (χ2v) is 8.73. The van der Waals surface area contributed by atoms with Crippen LogP contribution in [0.25, 0.3) is 10.2 Å². The number of hydrogen-bond acceptors (Lipinski definition) is 10. The molecule has 8 nitrogen and oxygen atoms in total. The van der Waals surface area contributed by atoms with Gasteiger partial charge in [0.1, 0.15) is 27.2 Å². The largest absolute Gasteiger partial charge is 0.465 e. The normalized spacial score (nSPS) is 15.0. The van der Waals surface area contributed by atoms with Crippen molar-refractivity contribution >= 4 is 50.0 Å². The van der Waals surface area contributed by atoms with Crippen molar-refractivity contribution in [1.29, 1.82) is 0 Å². The molecule has 0 N–H and O–H groups in total. The molecule has 0 amide bonds. The van der Waals surface area contributed by atoms with Crippen LogP contribution in [-0.4, -0.2) is 58.6 Å². The van der Waals surface area contributed by atoms with E-state index in [0.29, 0.717) is 10.7 Å². The third-order valence-electron chi connectivity index (χ3n) is 5.09. The fraction of sp³-hybridized carbons (Fsp3) is 0.526. The maximum absolute atomic E-state index is 12.2. The van der Waals surface area contributed by atoms with Gasteiger partial charge in [0.25, 0.3) is 0 Å². The summed E-state index contributed by atoms with van der Waals surface area (Å²) in [5, 5.41) is 1.95. The number of esters is 1. The quantitative estimate of drug-likeness (QED) is 0.581. The maximum Gasteiger partial charge on any atom is 0.348 e. The Balaban J connectivity index is 1.65. The van der Waals surface area contributed by atoms with Gasteiger partial charge in [-0.25, -0.2) is 19.7 Å².